The SMILES string of the molecule is COC1CC(=O)[C@]2(C)[C@H]3CC[C@]4(C)[C@@H]([C@H](C)[C@H]5CC(C)=C(CO)C(=O)O5)CC[C@H]4[C@@H]3C[C@H]3O[C@]32[C@H]1O. The molecule has 7 nitrogen and oxygen atoms in total. The molecule has 0 radical (unpaired) electrons. The van der Waals surface area contributed by atoms with Crippen LogP contribution >= 0.6 is 0 Å². The second kappa shape index (κ2) is 8.11. The first-order valence-electron chi connectivity index (χ1n) is 14.0. The quantitative estimate of drug-likeness (QED) is 0.449. The van der Waals surface area contributed by atoms with Gasteiger partial charge in [-0.3, -0.25) is 4.79 Å². The highest BCUT2D eigenvalue weighted by Gasteiger charge is 2.82. The Morgan fingerprint density at radius 3 is 2.56 bits per heavy atom. The molecule has 7 heteroatoms. The molecule has 4 aliphatic carbocycles. The van der Waals surface area contributed by atoms with E-state index in [-0.39, 0.29) is 54.2 Å². The van der Waals surface area contributed by atoms with Crippen molar-refractivity contribution in [2.45, 2.75) is 103 Å². The van der Waals surface area contributed by atoms with E-state index < -0.39 is 23.2 Å². The number of hydrogen-bond acceptors (Lipinski definition) is 7. The Balaban J connectivity index is 1.26. The zero-order chi connectivity index (χ0) is 25.8. The third-order valence-corrected chi connectivity index (χ3v) is 12.3. The number of carbonyl (C=O) groups excluding carboxylic acids is 2. The first-order valence-corrected chi connectivity index (χ1v) is 14.0. The number of aliphatic hydroxyl groups is 2. The number of epoxide rings is 1. The molecule has 200 valence electrons. The van der Waals surface area contributed by atoms with Crippen molar-refractivity contribution in [2.24, 2.45) is 40.4 Å². The van der Waals surface area contributed by atoms with Crippen molar-refractivity contribution in [1.82, 2.24) is 0 Å². The lowest BCUT2D eigenvalue weighted by Gasteiger charge is -2.59. The first kappa shape index (κ1) is 25.0. The van der Waals surface area contributed by atoms with Gasteiger partial charge in [-0.25, -0.2) is 4.79 Å². The molecule has 0 aromatic rings. The first-order chi connectivity index (χ1) is 17.0. The molecule has 1 unspecified atom stereocenters. The topological polar surface area (TPSA) is 106 Å². The van der Waals surface area contributed by atoms with E-state index in [1.165, 1.54) is 0 Å². The second-order valence-corrected chi connectivity index (χ2v) is 13.2. The Hall–Kier alpha value is -1.28. The summed E-state index contributed by atoms with van der Waals surface area (Å²) in [5.41, 5.74) is 0.0291. The molecule has 0 amide bonds. The molecule has 5 fully saturated rings. The van der Waals surface area contributed by atoms with Crippen molar-refractivity contribution >= 4 is 11.8 Å². The molecular formula is C29H42O7. The standard InChI is InChI=1S/C29H42O7/c1-14-10-21(35-26(33)17(14)13-30)15(2)18-6-7-19-16-11-24-29(36-24)25(32)22(34-5)12-23(31)28(29,4)20(16)8-9-27(18,19)3/h15-16,18-22,24-25,30,32H,6-13H2,1-5H3/t15-,16-,18+,19-,20-,21+,22?,24+,25-,27+,28-,29-/m0/s1. The van der Waals surface area contributed by atoms with E-state index in [1.807, 2.05) is 6.92 Å². The van der Waals surface area contributed by atoms with Gasteiger partial charge in [-0.15, -0.1) is 0 Å². The molecule has 0 aromatic carbocycles. The van der Waals surface area contributed by atoms with Gasteiger partial charge in [0.2, 0.25) is 0 Å². The van der Waals surface area contributed by atoms with Gasteiger partial charge in [0.05, 0.1) is 29.8 Å². The van der Waals surface area contributed by atoms with Crippen molar-refractivity contribution in [2.75, 3.05) is 13.7 Å². The highest BCUT2D eigenvalue weighted by Crippen LogP contribution is 2.73. The van der Waals surface area contributed by atoms with Crippen molar-refractivity contribution in [3.8, 4) is 0 Å². The largest absolute Gasteiger partial charge is 0.458 e. The molecule has 4 saturated carbocycles. The maximum Gasteiger partial charge on any atom is 0.336 e. The number of Topliss-reactive ketones (excluding diaryl/α,β-unsaturated/α-hetero) is 1. The summed E-state index contributed by atoms with van der Waals surface area (Å²) in [5.74, 6) is 1.61. The lowest BCUT2D eigenvalue weighted by atomic mass is 9.43. The van der Waals surface area contributed by atoms with E-state index in [1.54, 1.807) is 7.11 Å². The average Bonchev–Trinajstić information content (AvgIpc) is 3.47. The minimum absolute atomic E-state index is 0.0801. The monoisotopic (exact) mass is 502 g/mol. The summed E-state index contributed by atoms with van der Waals surface area (Å²) in [6.45, 7) is 8.42. The Labute approximate surface area is 213 Å². The van der Waals surface area contributed by atoms with Crippen molar-refractivity contribution in [3.05, 3.63) is 11.1 Å². The molecule has 1 spiro atoms. The van der Waals surface area contributed by atoms with Gasteiger partial charge < -0.3 is 24.4 Å². The summed E-state index contributed by atoms with van der Waals surface area (Å²) in [5, 5.41) is 20.8. The maximum absolute atomic E-state index is 13.7. The van der Waals surface area contributed by atoms with E-state index in [0.717, 1.165) is 37.7 Å². The second-order valence-electron chi connectivity index (χ2n) is 13.2. The summed E-state index contributed by atoms with van der Waals surface area (Å²) in [6, 6.07) is 0. The number of ether oxygens (including phenoxy) is 3. The van der Waals surface area contributed by atoms with Crippen LogP contribution in [0.3, 0.4) is 0 Å². The smallest absolute Gasteiger partial charge is 0.336 e. The number of ketones is 1. The summed E-state index contributed by atoms with van der Waals surface area (Å²) in [6.07, 6.45) is 4.59. The fourth-order valence-electron chi connectivity index (χ4n) is 10.2. The predicted molar refractivity (Wildman–Crippen MR) is 131 cm³/mol. The number of carbonyl (C=O) groups is 2. The van der Waals surface area contributed by atoms with Crippen molar-refractivity contribution in [3.63, 3.8) is 0 Å². The van der Waals surface area contributed by atoms with Gasteiger partial charge >= 0.3 is 5.97 Å². The number of esters is 1. The molecule has 2 N–H and O–H groups in total. The molecule has 1 saturated heterocycles. The lowest BCUT2D eigenvalue weighted by molar-refractivity contribution is -0.183. The fraction of sp³-hybridized carbons (Fsp3) is 0.862. The molecule has 36 heavy (non-hydrogen) atoms. The van der Waals surface area contributed by atoms with E-state index in [0.29, 0.717) is 29.7 Å². The number of aliphatic hydroxyl groups excluding tert-OH is 2. The van der Waals surface area contributed by atoms with Crippen LogP contribution in [0.5, 0.6) is 0 Å². The van der Waals surface area contributed by atoms with E-state index in [2.05, 4.69) is 20.8 Å². The van der Waals surface area contributed by atoms with Crippen LogP contribution in [0, 0.1) is 40.4 Å². The van der Waals surface area contributed by atoms with Gasteiger partial charge in [-0.1, -0.05) is 19.4 Å². The van der Waals surface area contributed by atoms with Crippen LogP contribution in [0.2, 0.25) is 0 Å². The molecule has 0 bridgehead atoms. The van der Waals surface area contributed by atoms with E-state index in [4.69, 9.17) is 14.2 Å². The zero-order valence-electron chi connectivity index (χ0n) is 22.3. The Kier molecular flexibility index (Phi) is 5.64. The van der Waals surface area contributed by atoms with Crippen LogP contribution < -0.4 is 0 Å². The average molecular weight is 503 g/mol. The number of fused-ring (bicyclic) bond motifs is 4. The highest BCUT2D eigenvalue weighted by molar-refractivity contribution is 5.90. The number of cyclic esters (lactones) is 1. The van der Waals surface area contributed by atoms with Crippen LogP contribution in [0.4, 0.5) is 0 Å². The van der Waals surface area contributed by atoms with Crippen LogP contribution in [0.15, 0.2) is 11.1 Å². The third kappa shape index (κ3) is 2.95. The zero-order valence-corrected chi connectivity index (χ0v) is 22.3. The number of hydrogen-bond donors (Lipinski definition) is 2. The normalized spacial score (nSPS) is 52.6. The minimum atomic E-state index is -0.784. The summed E-state index contributed by atoms with van der Waals surface area (Å²) >= 11 is 0. The Morgan fingerprint density at radius 2 is 1.89 bits per heavy atom. The van der Waals surface area contributed by atoms with Gasteiger partial charge in [0, 0.05) is 20.0 Å². The highest BCUT2D eigenvalue weighted by atomic mass is 16.6. The van der Waals surface area contributed by atoms with Crippen LogP contribution in [-0.2, 0) is 23.8 Å². The molecule has 12 atom stereocenters. The minimum Gasteiger partial charge on any atom is -0.458 e. The third-order valence-electron chi connectivity index (χ3n) is 12.3. The molecular weight excluding hydrogens is 460 g/mol. The van der Waals surface area contributed by atoms with E-state index in [9.17, 15) is 19.8 Å². The van der Waals surface area contributed by atoms with Crippen LogP contribution in [0.25, 0.3) is 0 Å². The van der Waals surface area contributed by atoms with Gasteiger partial charge in [0.25, 0.3) is 0 Å². The predicted octanol–water partition coefficient (Wildman–Crippen LogP) is 3.20. The van der Waals surface area contributed by atoms with Gasteiger partial charge in [0.15, 0.2) is 0 Å². The molecule has 6 aliphatic rings. The van der Waals surface area contributed by atoms with Gasteiger partial charge in [-0.2, -0.15) is 0 Å². The molecule has 2 aliphatic heterocycles. The Morgan fingerprint density at radius 1 is 1.14 bits per heavy atom. The summed E-state index contributed by atoms with van der Waals surface area (Å²) in [7, 11) is 1.57. The van der Waals surface area contributed by atoms with E-state index >= 15 is 0 Å². The molecule has 0 aromatic heterocycles. The number of rotatable bonds is 4. The molecule has 2 heterocycles. The number of methoxy groups -OCH3 is 1. The molecule has 6 rings (SSSR count). The van der Waals surface area contributed by atoms with Crippen LogP contribution in [0.1, 0.15) is 72.6 Å². The fourth-order valence-corrected chi connectivity index (χ4v) is 10.2. The van der Waals surface area contributed by atoms with Crippen molar-refractivity contribution < 1.29 is 34.0 Å². The summed E-state index contributed by atoms with van der Waals surface area (Å²) in [4.78, 5) is 26.2. The van der Waals surface area contributed by atoms with Gasteiger partial charge in [-0.05, 0) is 81.0 Å². The van der Waals surface area contributed by atoms with Gasteiger partial charge in [0.1, 0.15) is 23.6 Å². The van der Waals surface area contributed by atoms with Crippen LogP contribution in [-0.4, -0.2) is 65.7 Å². The maximum atomic E-state index is 13.7. The lowest BCUT2D eigenvalue weighted by Crippen LogP contribution is -2.68. The Bertz CT molecular complexity index is 1010. The van der Waals surface area contributed by atoms with Crippen molar-refractivity contribution in [1.29, 1.82) is 0 Å². The summed E-state index contributed by atoms with van der Waals surface area (Å²) < 4.78 is 17.7.